The molecule has 0 bridgehead atoms. The van der Waals surface area contributed by atoms with E-state index in [0.29, 0.717) is 11.9 Å². The van der Waals surface area contributed by atoms with E-state index in [1.54, 1.807) is 0 Å². The highest BCUT2D eigenvalue weighted by Gasteiger charge is 2.43. The van der Waals surface area contributed by atoms with Gasteiger partial charge in [-0.15, -0.1) is 0 Å². The van der Waals surface area contributed by atoms with Crippen molar-refractivity contribution in [2.75, 3.05) is 5.73 Å². The molecule has 0 aliphatic heterocycles. The largest absolute Gasteiger partial charge is 0.396 e. The number of nitrogens with two attached hydrogens (primary N) is 1. The summed E-state index contributed by atoms with van der Waals surface area (Å²) in [4.78, 5) is 4.15. The molecule has 3 rings (SSSR count). The minimum atomic E-state index is -0.801. The number of anilines is 1. The molecule has 1 aliphatic carbocycles. The van der Waals surface area contributed by atoms with Gasteiger partial charge in [0.2, 0.25) is 0 Å². The van der Waals surface area contributed by atoms with Crippen molar-refractivity contribution in [1.82, 2.24) is 10.1 Å². The Kier molecular flexibility index (Phi) is 2.17. The molecular weight excluding hydrogens is 240 g/mol. The maximum Gasteiger partial charge on any atom is 0.260 e. The molecule has 1 aromatic carbocycles. The van der Waals surface area contributed by atoms with Crippen molar-refractivity contribution in [1.29, 1.82) is 0 Å². The van der Waals surface area contributed by atoms with Gasteiger partial charge >= 0.3 is 0 Å². The van der Waals surface area contributed by atoms with E-state index in [0.717, 1.165) is 18.9 Å². The third-order valence-electron chi connectivity index (χ3n) is 3.28. The fraction of sp³-hybridized carbons (Fsp3) is 0.333. The van der Waals surface area contributed by atoms with Gasteiger partial charge in [-0.3, -0.25) is 0 Å². The summed E-state index contributed by atoms with van der Waals surface area (Å²) in [5.41, 5.74) is 5.21. The molecule has 18 heavy (non-hydrogen) atoms. The van der Waals surface area contributed by atoms with Gasteiger partial charge in [0.1, 0.15) is 11.6 Å². The zero-order valence-corrected chi connectivity index (χ0v) is 9.70. The number of hydrogen-bond acceptors (Lipinski definition) is 4. The maximum atomic E-state index is 13.6. The Morgan fingerprint density at radius 1 is 1.28 bits per heavy atom. The van der Waals surface area contributed by atoms with Crippen molar-refractivity contribution in [2.45, 2.75) is 25.2 Å². The average Bonchev–Trinajstić information content (AvgIpc) is 2.90. The van der Waals surface area contributed by atoms with E-state index in [4.69, 9.17) is 10.3 Å². The van der Waals surface area contributed by atoms with E-state index in [2.05, 4.69) is 10.1 Å². The highest BCUT2D eigenvalue weighted by molar-refractivity contribution is 5.61. The Bertz CT molecular complexity index is 620. The standard InChI is InChI=1S/C12H11F2N3O/c1-12(2-3-12)11-16-10(18-17-11)6-4-9(15)8(14)5-7(6)13/h4-5H,2-3,15H2,1H3. The summed E-state index contributed by atoms with van der Waals surface area (Å²) in [6.45, 7) is 2.01. The first-order valence-electron chi connectivity index (χ1n) is 5.59. The lowest BCUT2D eigenvalue weighted by Gasteiger charge is -2.01. The van der Waals surface area contributed by atoms with Crippen LogP contribution in [0.25, 0.3) is 11.5 Å². The van der Waals surface area contributed by atoms with Gasteiger partial charge in [0, 0.05) is 11.5 Å². The lowest BCUT2D eigenvalue weighted by molar-refractivity contribution is 0.413. The molecule has 0 saturated heterocycles. The molecule has 1 saturated carbocycles. The van der Waals surface area contributed by atoms with Crippen molar-refractivity contribution in [3.63, 3.8) is 0 Å². The van der Waals surface area contributed by atoms with Gasteiger partial charge < -0.3 is 10.3 Å². The van der Waals surface area contributed by atoms with Gasteiger partial charge in [0.15, 0.2) is 5.82 Å². The van der Waals surface area contributed by atoms with Crippen LogP contribution in [0.4, 0.5) is 14.5 Å². The quantitative estimate of drug-likeness (QED) is 0.833. The Hall–Kier alpha value is -1.98. The molecule has 0 radical (unpaired) electrons. The van der Waals surface area contributed by atoms with Crippen molar-refractivity contribution in [3.8, 4) is 11.5 Å². The van der Waals surface area contributed by atoms with Gasteiger partial charge in [0.05, 0.1) is 11.3 Å². The lowest BCUT2D eigenvalue weighted by Crippen LogP contribution is -2.02. The Labute approximate surface area is 102 Å². The number of nitrogens with zero attached hydrogens (tertiary/aromatic N) is 2. The second kappa shape index (κ2) is 3.51. The average molecular weight is 251 g/mol. The number of rotatable bonds is 2. The monoisotopic (exact) mass is 251 g/mol. The zero-order valence-electron chi connectivity index (χ0n) is 9.70. The van der Waals surface area contributed by atoms with Crippen LogP contribution in [-0.2, 0) is 5.41 Å². The summed E-state index contributed by atoms with van der Waals surface area (Å²) >= 11 is 0. The molecule has 0 spiro atoms. The van der Waals surface area contributed by atoms with Gasteiger partial charge in [0.25, 0.3) is 5.89 Å². The van der Waals surface area contributed by atoms with Crippen LogP contribution < -0.4 is 5.73 Å². The molecule has 4 nitrogen and oxygen atoms in total. The van der Waals surface area contributed by atoms with Crippen LogP contribution in [0, 0.1) is 11.6 Å². The summed E-state index contributed by atoms with van der Waals surface area (Å²) in [6.07, 6.45) is 1.97. The number of nitrogen functional groups attached to an aromatic ring is 1. The molecule has 0 unspecified atom stereocenters. The van der Waals surface area contributed by atoms with E-state index in [1.165, 1.54) is 0 Å². The van der Waals surface area contributed by atoms with Crippen molar-refractivity contribution in [3.05, 3.63) is 29.6 Å². The first-order valence-corrected chi connectivity index (χ1v) is 5.59. The van der Waals surface area contributed by atoms with Crippen LogP contribution in [-0.4, -0.2) is 10.1 Å². The molecule has 1 aliphatic rings. The predicted octanol–water partition coefficient (Wildman–Crippen LogP) is 2.65. The van der Waals surface area contributed by atoms with Gasteiger partial charge in [-0.1, -0.05) is 12.1 Å². The van der Waals surface area contributed by atoms with E-state index < -0.39 is 11.6 Å². The molecule has 0 amide bonds. The molecule has 2 aromatic rings. The van der Waals surface area contributed by atoms with Crippen LogP contribution >= 0.6 is 0 Å². The molecule has 2 N–H and O–H groups in total. The highest BCUT2D eigenvalue weighted by atomic mass is 19.1. The molecule has 1 fully saturated rings. The molecule has 6 heteroatoms. The summed E-state index contributed by atoms with van der Waals surface area (Å²) < 4.78 is 31.7. The Balaban J connectivity index is 2.04. The summed E-state index contributed by atoms with van der Waals surface area (Å²) in [5, 5.41) is 3.83. The molecule has 1 heterocycles. The molecule has 1 aromatic heterocycles. The van der Waals surface area contributed by atoms with Crippen molar-refractivity contribution in [2.24, 2.45) is 0 Å². The Morgan fingerprint density at radius 2 is 2.00 bits per heavy atom. The predicted molar refractivity (Wildman–Crippen MR) is 60.6 cm³/mol. The van der Waals surface area contributed by atoms with E-state index in [9.17, 15) is 8.78 Å². The van der Waals surface area contributed by atoms with Crippen LogP contribution in [0.2, 0.25) is 0 Å². The lowest BCUT2D eigenvalue weighted by atomic mass is 10.1. The fourth-order valence-corrected chi connectivity index (χ4v) is 1.72. The van der Waals surface area contributed by atoms with Crippen LogP contribution in [0.15, 0.2) is 16.7 Å². The SMILES string of the molecule is CC1(c2noc(-c3cc(N)c(F)cc3F)n2)CC1. The van der Waals surface area contributed by atoms with Crippen LogP contribution in [0.3, 0.4) is 0 Å². The first kappa shape index (κ1) is 11.1. The smallest absolute Gasteiger partial charge is 0.260 e. The fourth-order valence-electron chi connectivity index (χ4n) is 1.72. The maximum absolute atomic E-state index is 13.6. The number of halogens is 2. The Morgan fingerprint density at radius 3 is 2.67 bits per heavy atom. The third-order valence-corrected chi connectivity index (χ3v) is 3.28. The van der Waals surface area contributed by atoms with Gasteiger partial charge in [-0.25, -0.2) is 8.78 Å². The molecular formula is C12H11F2N3O. The number of hydrogen-bond donors (Lipinski definition) is 1. The second-order valence-corrected chi connectivity index (χ2v) is 4.84. The first-order chi connectivity index (χ1) is 8.49. The number of aromatic nitrogens is 2. The summed E-state index contributed by atoms with van der Waals surface area (Å²) in [7, 11) is 0. The van der Waals surface area contributed by atoms with Crippen molar-refractivity contribution >= 4 is 5.69 Å². The molecule has 0 atom stereocenters. The summed E-state index contributed by atoms with van der Waals surface area (Å²) in [6, 6.07) is 1.88. The topological polar surface area (TPSA) is 64.9 Å². The van der Waals surface area contributed by atoms with E-state index in [1.807, 2.05) is 6.92 Å². The van der Waals surface area contributed by atoms with E-state index >= 15 is 0 Å². The zero-order chi connectivity index (χ0) is 12.9. The van der Waals surface area contributed by atoms with Crippen LogP contribution in [0.5, 0.6) is 0 Å². The highest BCUT2D eigenvalue weighted by Crippen LogP contribution is 2.46. The summed E-state index contributed by atoms with van der Waals surface area (Å²) in [5.74, 6) is -0.981. The minimum Gasteiger partial charge on any atom is -0.396 e. The van der Waals surface area contributed by atoms with Crippen molar-refractivity contribution < 1.29 is 13.3 Å². The van der Waals surface area contributed by atoms with Gasteiger partial charge in [-0.2, -0.15) is 4.98 Å². The minimum absolute atomic E-state index is 0.0249. The van der Waals surface area contributed by atoms with Gasteiger partial charge in [-0.05, 0) is 18.9 Å². The normalized spacial score (nSPS) is 16.8. The third kappa shape index (κ3) is 1.64. The van der Waals surface area contributed by atoms with E-state index in [-0.39, 0.29) is 22.6 Å². The second-order valence-electron chi connectivity index (χ2n) is 4.84. The molecule has 94 valence electrons. The number of benzene rings is 1. The van der Waals surface area contributed by atoms with Crippen LogP contribution in [0.1, 0.15) is 25.6 Å².